The van der Waals surface area contributed by atoms with Gasteiger partial charge < -0.3 is 16.2 Å². The van der Waals surface area contributed by atoms with E-state index in [1.54, 1.807) is 0 Å². The van der Waals surface area contributed by atoms with Crippen molar-refractivity contribution in [2.45, 2.75) is 70.9 Å². The van der Waals surface area contributed by atoms with E-state index in [4.69, 9.17) is 5.73 Å². The summed E-state index contributed by atoms with van der Waals surface area (Å²) in [6.45, 7) is 4.75. The zero-order chi connectivity index (χ0) is 14.3. The number of amides is 1. The van der Waals surface area contributed by atoms with E-state index in [1.165, 1.54) is 32.1 Å². The highest BCUT2D eigenvalue weighted by molar-refractivity contribution is 5.76. The molecule has 4 nitrogen and oxygen atoms in total. The molecule has 0 spiro atoms. The summed E-state index contributed by atoms with van der Waals surface area (Å²) < 4.78 is 0. The Bertz CT molecular complexity index is 263. The molecule has 0 aromatic heterocycles. The van der Waals surface area contributed by atoms with Crippen LogP contribution in [0.15, 0.2) is 0 Å². The molecule has 0 aliphatic heterocycles. The molecule has 1 aliphatic carbocycles. The normalized spacial score (nSPS) is 20.3. The lowest BCUT2D eigenvalue weighted by molar-refractivity contribution is -0.123. The zero-order valence-electron chi connectivity index (χ0n) is 12.4. The molecule has 0 bridgehead atoms. The first-order valence-electron chi connectivity index (χ1n) is 7.69. The van der Waals surface area contributed by atoms with Gasteiger partial charge in [0.15, 0.2) is 0 Å². The molecule has 2 atom stereocenters. The van der Waals surface area contributed by atoms with Crippen molar-refractivity contribution in [3.63, 3.8) is 0 Å². The number of nitrogens with two attached hydrogens (primary N) is 1. The summed E-state index contributed by atoms with van der Waals surface area (Å²) in [5, 5.41) is 12.8. The average molecular weight is 270 g/mol. The van der Waals surface area contributed by atoms with E-state index in [2.05, 4.69) is 5.32 Å². The van der Waals surface area contributed by atoms with Crippen molar-refractivity contribution in [2.75, 3.05) is 6.54 Å². The number of hydrogen-bond acceptors (Lipinski definition) is 3. The lowest BCUT2D eigenvalue weighted by Crippen LogP contribution is -2.40. The monoisotopic (exact) mass is 270 g/mol. The Morgan fingerprint density at radius 2 is 1.95 bits per heavy atom. The smallest absolute Gasteiger partial charge is 0.222 e. The Hall–Kier alpha value is -0.610. The van der Waals surface area contributed by atoms with E-state index in [9.17, 15) is 9.90 Å². The van der Waals surface area contributed by atoms with Gasteiger partial charge in [-0.15, -0.1) is 0 Å². The minimum absolute atomic E-state index is 0.0969. The Kier molecular flexibility index (Phi) is 7.39. The van der Waals surface area contributed by atoms with E-state index in [-0.39, 0.29) is 18.4 Å². The predicted octanol–water partition coefficient (Wildman–Crippen LogP) is 1.81. The van der Waals surface area contributed by atoms with Crippen LogP contribution in [0.1, 0.15) is 58.8 Å². The molecular weight excluding hydrogens is 240 g/mol. The van der Waals surface area contributed by atoms with Gasteiger partial charge >= 0.3 is 0 Å². The second-order valence-electron chi connectivity index (χ2n) is 6.37. The fourth-order valence-corrected chi connectivity index (χ4v) is 2.70. The van der Waals surface area contributed by atoms with Gasteiger partial charge in [-0.1, -0.05) is 46.0 Å². The molecule has 0 saturated heterocycles. The lowest BCUT2D eigenvalue weighted by Gasteiger charge is -2.27. The Morgan fingerprint density at radius 3 is 2.53 bits per heavy atom. The third kappa shape index (κ3) is 6.92. The summed E-state index contributed by atoms with van der Waals surface area (Å²) in [4.78, 5) is 11.6. The summed E-state index contributed by atoms with van der Waals surface area (Å²) >= 11 is 0. The van der Waals surface area contributed by atoms with Crippen molar-refractivity contribution in [2.24, 2.45) is 17.6 Å². The summed E-state index contributed by atoms with van der Waals surface area (Å²) in [6, 6.07) is -0.270. The third-order valence-corrected chi connectivity index (χ3v) is 3.93. The first-order chi connectivity index (χ1) is 8.99. The van der Waals surface area contributed by atoms with Crippen molar-refractivity contribution in [1.29, 1.82) is 0 Å². The number of aliphatic hydroxyl groups is 1. The molecule has 1 amide bonds. The third-order valence-electron chi connectivity index (χ3n) is 3.93. The first kappa shape index (κ1) is 16.4. The number of carbonyl (C=O) groups is 1. The summed E-state index contributed by atoms with van der Waals surface area (Å²) in [5.41, 5.74) is 6.02. The highest BCUT2D eigenvalue weighted by Crippen LogP contribution is 2.27. The Morgan fingerprint density at radius 1 is 1.32 bits per heavy atom. The standard InChI is InChI=1S/C15H30N2O2/c1-11(2)10-17-15(19)9-14(18)13(16)8-12-6-4-3-5-7-12/h11-14,18H,3-10,16H2,1-2H3,(H,17,19)/t13-,14-/m0/s1. The zero-order valence-corrected chi connectivity index (χ0v) is 12.4. The van der Waals surface area contributed by atoms with Crippen LogP contribution in [-0.4, -0.2) is 29.7 Å². The molecule has 0 unspecified atom stereocenters. The number of rotatable bonds is 7. The summed E-state index contributed by atoms with van der Waals surface area (Å²) in [7, 11) is 0. The second-order valence-corrected chi connectivity index (χ2v) is 6.37. The van der Waals surface area contributed by atoms with Gasteiger partial charge in [0, 0.05) is 12.6 Å². The van der Waals surface area contributed by atoms with Gasteiger partial charge in [0.1, 0.15) is 0 Å². The fourth-order valence-electron chi connectivity index (χ4n) is 2.70. The van der Waals surface area contributed by atoms with E-state index >= 15 is 0 Å². The molecule has 1 fully saturated rings. The number of carbonyl (C=O) groups excluding carboxylic acids is 1. The van der Waals surface area contributed by atoms with Crippen LogP contribution in [0.3, 0.4) is 0 Å². The predicted molar refractivity (Wildman–Crippen MR) is 77.6 cm³/mol. The molecule has 4 heteroatoms. The van der Waals surface area contributed by atoms with Crippen molar-refractivity contribution in [3.8, 4) is 0 Å². The molecule has 1 aliphatic rings. The summed E-state index contributed by atoms with van der Waals surface area (Å²) in [5.74, 6) is 0.967. The van der Waals surface area contributed by atoms with Crippen molar-refractivity contribution in [1.82, 2.24) is 5.32 Å². The quantitative estimate of drug-likeness (QED) is 0.660. The second kappa shape index (κ2) is 8.54. The molecule has 19 heavy (non-hydrogen) atoms. The Labute approximate surface area is 117 Å². The maximum absolute atomic E-state index is 11.6. The van der Waals surface area contributed by atoms with Crippen LogP contribution in [0.25, 0.3) is 0 Å². The topological polar surface area (TPSA) is 75.3 Å². The lowest BCUT2D eigenvalue weighted by atomic mass is 9.83. The molecule has 0 heterocycles. The van der Waals surface area contributed by atoms with Gasteiger partial charge in [0.2, 0.25) is 5.91 Å². The van der Waals surface area contributed by atoms with E-state index in [0.717, 1.165) is 6.42 Å². The van der Waals surface area contributed by atoms with Crippen LogP contribution in [-0.2, 0) is 4.79 Å². The molecule has 1 saturated carbocycles. The number of nitrogens with one attached hydrogen (secondary N) is 1. The van der Waals surface area contributed by atoms with Gasteiger partial charge in [0.05, 0.1) is 12.5 Å². The van der Waals surface area contributed by atoms with Gasteiger partial charge in [-0.25, -0.2) is 0 Å². The van der Waals surface area contributed by atoms with Crippen molar-refractivity contribution >= 4 is 5.91 Å². The highest BCUT2D eigenvalue weighted by Gasteiger charge is 2.23. The van der Waals surface area contributed by atoms with Crippen LogP contribution in [0.4, 0.5) is 0 Å². The number of aliphatic hydroxyl groups excluding tert-OH is 1. The molecule has 0 radical (unpaired) electrons. The minimum atomic E-state index is -0.714. The van der Waals surface area contributed by atoms with E-state index in [0.29, 0.717) is 18.4 Å². The van der Waals surface area contributed by atoms with Gasteiger partial charge in [-0.05, 0) is 18.3 Å². The highest BCUT2D eigenvalue weighted by atomic mass is 16.3. The van der Waals surface area contributed by atoms with E-state index in [1.807, 2.05) is 13.8 Å². The molecular formula is C15H30N2O2. The molecule has 0 aromatic carbocycles. The van der Waals surface area contributed by atoms with Crippen molar-refractivity contribution < 1.29 is 9.90 Å². The maximum atomic E-state index is 11.6. The molecule has 1 rings (SSSR count). The van der Waals surface area contributed by atoms with Gasteiger partial charge in [-0.2, -0.15) is 0 Å². The van der Waals surface area contributed by atoms with Gasteiger partial charge in [0.25, 0.3) is 0 Å². The van der Waals surface area contributed by atoms with Crippen LogP contribution >= 0.6 is 0 Å². The molecule has 4 N–H and O–H groups in total. The van der Waals surface area contributed by atoms with Gasteiger partial charge in [-0.3, -0.25) is 4.79 Å². The van der Waals surface area contributed by atoms with Crippen molar-refractivity contribution in [3.05, 3.63) is 0 Å². The largest absolute Gasteiger partial charge is 0.391 e. The SMILES string of the molecule is CC(C)CNC(=O)C[C@H](O)[C@@H](N)CC1CCCCC1. The number of hydrogen-bond donors (Lipinski definition) is 3. The Balaban J connectivity index is 2.23. The average Bonchev–Trinajstić information content (AvgIpc) is 2.37. The molecule has 112 valence electrons. The molecule has 0 aromatic rings. The minimum Gasteiger partial charge on any atom is -0.391 e. The van der Waals surface area contributed by atoms with Crippen LogP contribution in [0.2, 0.25) is 0 Å². The van der Waals surface area contributed by atoms with Crippen LogP contribution in [0, 0.1) is 11.8 Å². The first-order valence-corrected chi connectivity index (χ1v) is 7.69. The fraction of sp³-hybridized carbons (Fsp3) is 0.933. The van der Waals surface area contributed by atoms with Crippen LogP contribution in [0.5, 0.6) is 0 Å². The maximum Gasteiger partial charge on any atom is 0.222 e. The summed E-state index contributed by atoms with van der Waals surface area (Å²) in [6.07, 6.45) is 6.59. The van der Waals surface area contributed by atoms with E-state index < -0.39 is 6.10 Å². The van der Waals surface area contributed by atoms with Crippen LogP contribution < -0.4 is 11.1 Å².